The third kappa shape index (κ3) is 2.10. The van der Waals surface area contributed by atoms with E-state index >= 15 is 0 Å². The molecular formula is C12H14ClN3. The van der Waals surface area contributed by atoms with Gasteiger partial charge in [0.15, 0.2) is 0 Å². The Morgan fingerprint density at radius 2 is 2.19 bits per heavy atom. The van der Waals surface area contributed by atoms with Gasteiger partial charge in [-0.05, 0) is 43.7 Å². The third-order valence-electron chi connectivity index (χ3n) is 2.46. The van der Waals surface area contributed by atoms with Crippen molar-refractivity contribution in [3.63, 3.8) is 0 Å². The third-order valence-corrected chi connectivity index (χ3v) is 2.81. The average molecular weight is 236 g/mol. The molecule has 0 unspecified atom stereocenters. The van der Waals surface area contributed by atoms with Gasteiger partial charge in [-0.1, -0.05) is 17.7 Å². The molecule has 0 bridgehead atoms. The lowest BCUT2D eigenvalue weighted by Crippen LogP contribution is -2.08. The summed E-state index contributed by atoms with van der Waals surface area (Å²) >= 11 is 6.17. The normalized spacial score (nSPS) is 10.7. The summed E-state index contributed by atoms with van der Waals surface area (Å²) in [6.45, 7) is 2.54. The van der Waals surface area contributed by atoms with Crippen LogP contribution in [-0.2, 0) is 6.42 Å². The van der Waals surface area contributed by atoms with E-state index in [4.69, 9.17) is 17.3 Å². The molecule has 2 aromatic rings. The molecule has 2 rings (SSSR count). The van der Waals surface area contributed by atoms with Crippen molar-refractivity contribution in [2.45, 2.75) is 13.3 Å². The summed E-state index contributed by atoms with van der Waals surface area (Å²) in [4.78, 5) is 0. The first-order valence-corrected chi connectivity index (χ1v) is 5.60. The summed E-state index contributed by atoms with van der Waals surface area (Å²) in [5.41, 5.74) is 8.63. The highest BCUT2D eigenvalue weighted by Gasteiger charge is 2.08. The predicted molar refractivity (Wildman–Crippen MR) is 66.1 cm³/mol. The number of rotatable bonds is 3. The Balaban J connectivity index is 2.51. The number of hydrogen-bond donors (Lipinski definition) is 1. The standard InChI is InChI=1S/C12H14ClN3/c1-9-6-8-16(15-9)12-4-2-3-11(13)10(12)5-7-14/h2-4,6,8H,5,7,14H2,1H3. The van der Waals surface area contributed by atoms with Gasteiger partial charge in [0.25, 0.3) is 0 Å². The molecule has 0 amide bonds. The number of halogens is 1. The van der Waals surface area contributed by atoms with Gasteiger partial charge in [-0.15, -0.1) is 0 Å². The van der Waals surface area contributed by atoms with Crippen molar-refractivity contribution < 1.29 is 0 Å². The second-order valence-electron chi connectivity index (χ2n) is 3.68. The molecule has 0 aliphatic carbocycles. The van der Waals surface area contributed by atoms with Crippen LogP contribution in [0.3, 0.4) is 0 Å². The Morgan fingerprint density at radius 3 is 2.81 bits per heavy atom. The van der Waals surface area contributed by atoms with Crippen LogP contribution in [-0.4, -0.2) is 16.3 Å². The minimum atomic E-state index is 0.580. The van der Waals surface area contributed by atoms with Crippen LogP contribution in [0.15, 0.2) is 30.5 Å². The molecule has 0 saturated heterocycles. The number of benzene rings is 1. The highest BCUT2D eigenvalue weighted by Crippen LogP contribution is 2.23. The second kappa shape index (κ2) is 4.68. The first kappa shape index (κ1) is 11.2. The van der Waals surface area contributed by atoms with E-state index in [0.29, 0.717) is 6.54 Å². The molecule has 2 N–H and O–H groups in total. The Morgan fingerprint density at radius 1 is 1.38 bits per heavy atom. The van der Waals surface area contributed by atoms with Crippen LogP contribution in [0, 0.1) is 6.92 Å². The van der Waals surface area contributed by atoms with Crippen molar-refractivity contribution in [2.75, 3.05) is 6.54 Å². The van der Waals surface area contributed by atoms with E-state index in [0.717, 1.165) is 28.4 Å². The fraction of sp³-hybridized carbons (Fsp3) is 0.250. The van der Waals surface area contributed by atoms with Crippen LogP contribution < -0.4 is 5.73 Å². The molecule has 3 nitrogen and oxygen atoms in total. The number of hydrogen-bond acceptors (Lipinski definition) is 2. The summed E-state index contributed by atoms with van der Waals surface area (Å²) < 4.78 is 1.84. The van der Waals surface area contributed by atoms with Gasteiger partial charge in [0.2, 0.25) is 0 Å². The van der Waals surface area contributed by atoms with Crippen LogP contribution in [0.2, 0.25) is 5.02 Å². The van der Waals surface area contributed by atoms with E-state index < -0.39 is 0 Å². The minimum Gasteiger partial charge on any atom is -0.330 e. The van der Waals surface area contributed by atoms with Gasteiger partial charge in [0.1, 0.15) is 0 Å². The van der Waals surface area contributed by atoms with E-state index in [-0.39, 0.29) is 0 Å². The van der Waals surface area contributed by atoms with Gasteiger partial charge in [0, 0.05) is 11.2 Å². The van der Waals surface area contributed by atoms with Crippen LogP contribution in [0.1, 0.15) is 11.3 Å². The zero-order valence-corrected chi connectivity index (χ0v) is 9.91. The number of nitrogens with two attached hydrogens (primary N) is 1. The molecule has 0 saturated carbocycles. The zero-order chi connectivity index (χ0) is 11.5. The lowest BCUT2D eigenvalue weighted by atomic mass is 10.1. The average Bonchev–Trinajstić information content (AvgIpc) is 2.68. The van der Waals surface area contributed by atoms with Crippen molar-refractivity contribution in [2.24, 2.45) is 5.73 Å². The van der Waals surface area contributed by atoms with Crippen LogP contribution in [0.5, 0.6) is 0 Å². The van der Waals surface area contributed by atoms with E-state index in [1.54, 1.807) is 0 Å². The SMILES string of the molecule is Cc1ccn(-c2cccc(Cl)c2CCN)n1. The maximum absolute atomic E-state index is 6.17. The van der Waals surface area contributed by atoms with E-state index in [2.05, 4.69) is 5.10 Å². The predicted octanol–water partition coefficient (Wildman–Crippen LogP) is 2.34. The molecule has 0 atom stereocenters. The number of nitrogens with zero attached hydrogens (tertiary/aromatic N) is 2. The van der Waals surface area contributed by atoms with Gasteiger partial charge in [0.05, 0.1) is 11.4 Å². The molecule has 84 valence electrons. The minimum absolute atomic E-state index is 0.580. The van der Waals surface area contributed by atoms with Gasteiger partial charge < -0.3 is 5.73 Å². The van der Waals surface area contributed by atoms with Gasteiger partial charge in [-0.3, -0.25) is 0 Å². The van der Waals surface area contributed by atoms with E-state index in [1.165, 1.54) is 0 Å². The van der Waals surface area contributed by atoms with Gasteiger partial charge >= 0.3 is 0 Å². The first-order chi connectivity index (χ1) is 7.72. The second-order valence-corrected chi connectivity index (χ2v) is 4.09. The lowest BCUT2D eigenvalue weighted by Gasteiger charge is -2.10. The maximum atomic E-state index is 6.17. The molecule has 0 spiro atoms. The molecule has 1 heterocycles. The van der Waals surface area contributed by atoms with Gasteiger partial charge in [-0.2, -0.15) is 5.10 Å². The summed E-state index contributed by atoms with van der Waals surface area (Å²) in [5, 5.41) is 5.13. The van der Waals surface area contributed by atoms with Crippen LogP contribution >= 0.6 is 11.6 Å². The topological polar surface area (TPSA) is 43.8 Å². The van der Waals surface area contributed by atoms with Crippen LogP contribution in [0.25, 0.3) is 5.69 Å². The Hall–Kier alpha value is -1.32. The zero-order valence-electron chi connectivity index (χ0n) is 9.15. The lowest BCUT2D eigenvalue weighted by molar-refractivity contribution is 0.838. The summed E-state index contributed by atoms with van der Waals surface area (Å²) in [7, 11) is 0. The molecule has 16 heavy (non-hydrogen) atoms. The summed E-state index contributed by atoms with van der Waals surface area (Å²) in [6.07, 6.45) is 2.69. The molecule has 0 aliphatic heterocycles. The molecule has 4 heteroatoms. The fourth-order valence-corrected chi connectivity index (χ4v) is 1.97. The van der Waals surface area contributed by atoms with Crippen molar-refractivity contribution >= 4 is 11.6 Å². The fourth-order valence-electron chi connectivity index (χ4n) is 1.70. The highest BCUT2D eigenvalue weighted by atomic mass is 35.5. The summed E-state index contributed by atoms with van der Waals surface area (Å²) in [6, 6.07) is 7.78. The van der Waals surface area contributed by atoms with E-state index in [1.807, 2.05) is 42.1 Å². The molecule has 0 radical (unpaired) electrons. The molecule has 1 aromatic carbocycles. The Labute approximate surface area is 99.8 Å². The van der Waals surface area contributed by atoms with Crippen molar-refractivity contribution in [3.8, 4) is 5.69 Å². The molecular weight excluding hydrogens is 222 g/mol. The Kier molecular flexibility index (Phi) is 3.27. The maximum Gasteiger partial charge on any atom is 0.0692 e. The van der Waals surface area contributed by atoms with E-state index in [9.17, 15) is 0 Å². The highest BCUT2D eigenvalue weighted by molar-refractivity contribution is 6.31. The summed E-state index contributed by atoms with van der Waals surface area (Å²) in [5.74, 6) is 0. The first-order valence-electron chi connectivity index (χ1n) is 5.22. The Bertz CT molecular complexity index is 491. The molecule has 0 fully saturated rings. The van der Waals surface area contributed by atoms with Crippen molar-refractivity contribution in [3.05, 3.63) is 46.7 Å². The smallest absolute Gasteiger partial charge is 0.0692 e. The molecule has 1 aromatic heterocycles. The largest absolute Gasteiger partial charge is 0.330 e. The quantitative estimate of drug-likeness (QED) is 0.888. The van der Waals surface area contributed by atoms with Crippen molar-refractivity contribution in [1.29, 1.82) is 0 Å². The monoisotopic (exact) mass is 235 g/mol. The number of aryl methyl sites for hydroxylation is 1. The van der Waals surface area contributed by atoms with Crippen molar-refractivity contribution in [1.82, 2.24) is 9.78 Å². The van der Waals surface area contributed by atoms with Crippen LogP contribution in [0.4, 0.5) is 0 Å². The molecule has 0 aliphatic rings. The number of aromatic nitrogens is 2. The van der Waals surface area contributed by atoms with Gasteiger partial charge in [-0.25, -0.2) is 4.68 Å².